The van der Waals surface area contributed by atoms with Crippen LogP contribution in [0.5, 0.6) is 0 Å². The summed E-state index contributed by atoms with van der Waals surface area (Å²) in [5.74, 6) is 0.417. The molecule has 1 unspecified atom stereocenters. The van der Waals surface area contributed by atoms with E-state index in [-0.39, 0.29) is 16.7 Å². The van der Waals surface area contributed by atoms with Gasteiger partial charge in [-0.3, -0.25) is 10.1 Å². The Morgan fingerprint density at radius 3 is 3.00 bits per heavy atom. The second-order valence-corrected chi connectivity index (χ2v) is 5.50. The normalized spacial score (nSPS) is 17.4. The maximum Gasteiger partial charge on any atom is 0.311 e. The summed E-state index contributed by atoms with van der Waals surface area (Å²) in [6.45, 7) is 2.72. The molecule has 0 radical (unpaired) electrons. The summed E-state index contributed by atoms with van der Waals surface area (Å²) in [7, 11) is 0. The van der Waals surface area contributed by atoms with Crippen LogP contribution in [0.25, 0.3) is 0 Å². The molecule has 2 heterocycles. The Bertz CT molecular complexity index is 705. The highest BCUT2D eigenvalue weighted by molar-refractivity contribution is 6.30. The monoisotopic (exact) mass is 303 g/mol. The van der Waals surface area contributed by atoms with Crippen LogP contribution in [0, 0.1) is 10.1 Å². The lowest BCUT2D eigenvalue weighted by Crippen LogP contribution is -2.35. The molecule has 108 valence electrons. The highest BCUT2D eigenvalue weighted by atomic mass is 35.5. The molecule has 0 spiro atoms. The van der Waals surface area contributed by atoms with E-state index >= 15 is 0 Å². The van der Waals surface area contributed by atoms with Gasteiger partial charge < -0.3 is 4.90 Å². The standard InChI is InChI=1S/C15H14ClN3O2/c1-10-13-9-12(16)5-4-11(13)6-8-18(10)15-14(19(20)21)3-2-7-17-15/h2-5,7,9-10H,6,8H2,1H3. The van der Waals surface area contributed by atoms with Gasteiger partial charge in [-0.25, -0.2) is 4.98 Å². The summed E-state index contributed by atoms with van der Waals surface area (Å²) >= 11 is 6.08. The molecule has 6 heteroatoms. The number of halogens is 1. The summed E-state index contributed by atoms with van der Waals surface area (Å²) in [6, 6.07) is 8.91. The van der Waals surface area contributed by atoms with E-state index in [4.69, 9.17) is 11.6 Å². The molecule has 0 saturated carbocycles. The molecule has 0 saturated heterocycles. The van der Waals surface area contributed by atoms with Crippen LogP contribution < -0.4 is 4.90 Å². The molecular formula is C15H14ClN3O2. The van der Waals surface area contributed by atoms with Crippen LogP contribution in [-0.4, -0.2) is 16.5 Å². The van der Waals surface area contributed by atoms with Gasteiger partial charge in [0.2, 0.25) is 5.82 Å². The zero-order valence-electron chi connectivity index (χ0n) is 11.5. The second kappa shape index (κ2) is 5.33. The van der Waals surface area contributed by atoms with Crippen LogP contribution in [0.4, 0.5) is 11.5 Å². The van der Waals surface area contributed by atoms with Crippen LogP contribution in [0.1, 0.15) is 24.1 Å². The maximum absolute atomic E-state index is 11.2. The predicted molar refractivity (Wildman–Crippen MR) is 81.8 cm³/mol. The molecule has 1 aliphatic heterocycles. The SMILES string of the molecule is CC1c2cc(Cl)ccc2CCN1c1ncccc1[N+](=O)[O-]. The fourth-order valence-electron chi connectivity index (χ4n) is 2.83. The molecule has 0 aliphatic carbocycles. The van der Waals surface area contributed by atoms with E-state index in [2.05, 4.69) is 4.98 Å². The number of nitrogens with zero attached hydrogens (tertiary/aromatic N) is 3. The van der Waals surface area contributed by atoms with Crippen molar-refractivity contribution >= 4 is 23.1 Å². The Morgan fingerprint density at radius 2 is 2.24 bits per heavy atom. The molecule has 3 rings (SSSR count). The van der Waals surface area contributed by atoms with Crippen LogP contribution >= 0.6 is 11.6 Å². The van der Waals surface area contributed by atoms with Crippen LogP contribution in [-0.2, 0) is 6.42 Å². The van der Waals surface area contributed by atoms with E-state index in [9.17, 15) is 10.1 Å². The van der Waals surface area contributed by atoms with Crippen molar-refractivity contribution in [3.05, 3.63) is 62.8 Å². The molecule has 5 nitrogen and oxygen atoms in total. The molecule has 21 heavy (non-hydrogen) atoms. The van der Waals surface area contributed by atoms with Crippen molar-refractivity contribution < 1.29 is 4.92 Å². The van der Waals surface area contributed by atoms with E-state index < -0.39 is 0 Å². The third-order valence-electron chi connectivity index (χ3n) is 3.88. The quantitative estimate of drug-likeness (QED) is 0.626. The van der Waals surface area contributed by atoms with Crippen molar-refractivity contribution in [3.63, 3.8) is 0 Å². The Kier molecular flexibility index (Phi) is 3.51. The summed E-state index contributed by atoms with van der Waals surface area (Å²) < 4.78 is 0. The topological polar surface area (TPSA) is 59.3 Å². The van der Waals surface area contributed by atoms with Gasteiger partial charge in [-0.05, 0) is 42.7 Å². The molecule has 0 N–H and O–H groups in total. The number of pyridine rings is 1. The minimum atomic E-state index is -0.386. The fraction of sp³-hybridized carbons (Fsp3) is 0.267. The molecule has 1 aromatic heterocycles. The molecule has 1 aliphatic rings. The summed E-state index contributed by atoms with van der Waals surface area (Å²) in [4.78, 5) is 17.0. The average Bonchev–Trinajstić information content (AvgIpc) is 2.48. The number of aromatic nitrogens is 1. The van der Waals surface area contributed by atoms with Gasteiger partial charge in [-0.1, -0.05) is 17.7 Å². The maximum atomic E-state index is 11.2. The summed E-state index contributed by atoms with van der Waals surface area (Å²) in [5.41, 5.74) is 2.38. The van der Waals surface area contributed by atoms with Crippen LogP contribution in [0.15, 0.2) is 36.5 Å². The number of fused-ring (bicyclic) bond motifs is 1. The zero-order chi connectivity index (χ0) is 15.0. The highest BCUT2D eigenvalue weighted by Gasteiger charge is 2.29. The van der Waals surface area contributed by atoms with E-state index in [1.165, 1.54) is 11.6 Å². The van der Waals surface area contributed by atoms with E-state index in [0.29, 0.717) is 17.4 Å². The first kappa shape index (κ1) is 13.8. The van der Waals surface area contributed by atoms with Gasteiger partial charge in [-0.15, -0.1) is 0 Å². The smallest absolute Gasteiger partial charge is 0.311 e. The zero-order valence-corrected chi connectivity index (χ0v) is 12.2. The summed E-state index contributed by atoms with van der Waals surface area (Å²) in [5, 5.41) is 11.9. The van der Waals surface area contributed by atoms with Gasteiger partial charge in [0, 0.05) is 23.8 Å². The molecule has 2 aromatic rings. The lowest BCUT2D eigenvalue weighted by Gasteiger charge is -2.35. The Morgan fingerprint density at radius 1 is 1.43 bits per heavy atom. The number of anilines is 1. The molecular weight excluding hydrogens is 290 g/mol. The molecule has 0 fully saturated rings. The van der Waals surface area contributed by atoms with Crippen molar-refractivity contribution in [2.75, 3.05) is 11.4 Å². The van der Waals surface area contributed by atoms with E-state index in [1.54, 1.807) is 12.3 Å². The lowest BCUT2D eigenvalue weighted by atomic mass is 9.93. The van der Waals surface area contributed by atoms with Gasteiger partial charge in [0.1, 0.15) is 0 Å². The van der Waals surface area contributed by atoms with E-state index in [1.807, 2.05) is 30.0 Å². The molecule has 1 atom stereocenters. The number of hydrogen-bond acceptors (Lipinski definition) is 4. The fourth-order valence-corrected chi connectivity index (χ4v) is 3.01. The van der Waals surface area contributed by atoms with Crippen molar-refractivity contribution in [1.82, 2.24) is 4.98 Å². The minimum absolute atomic E-state index is 0.000972. The van der Waals surface area contributed by atoms with Crippen molar-refractivity contribution in [2.45, 2.75) is 19.4 Å². The summed E-state index contributed by atoms with van der Waals surface area (Å²) in [6.07, 6.45) is 2.41. The number of nitro groups is 1. The van der Waals surface area contributed by atoms with Gasteiger partial charge in [0.15, 0.2) is 0 Å². The van der Waals surface area contributed by atoms with Crippen molar-refractivity contribution in [2.24, 2.45) is 0 Å². The third kappa shape index (κ3) is 2.45. The first-order valence-electron chi connectivity index (χ1n) is 6.72. The van der Waals surface area contributed by atoms with Gasteiger partial charge >= 0.3 is 5.69 Å². The Hall–Kier alpha value is -2.14. The third-order valence-corrected chi connectivity index (χ3v) is 4.12. The number of hydrogen-bond donors (Lipinski definition) is 0. The largest absolute Gasteiger partial charge is 0.344 e. The number of benzene rings is 1. The number of rotatable bonds is 2. The minimum Gasteiger partial charge on any atom is -0.344 e. The first-order valence-corrected chi connectivity index (χ1v) is 7.10. The van der Waals surface area contributed by atoms with Crippen LogP contribution in [0.2, 0.25) is 5.02 Å². The second-order valence-electron chi connectivity index (χ2n) is 5.07. The van der Waals surface area contributed by atoms with Crippen molar-refractivity contribution in [3.8, 4) is 0 Å². The lowest BCUT2D eigenvalue weighted by molar-refractivity contribution is -0.384. The van der Waals surface area contributed by atoms with Gasteiger partial charge in [0.05, 0.1) is 11.0 Å². The predicted octanol–water partition coefficient (Wildman–Crippen LogP) is 3.77. The highest BCUT2D eigenvalue weighted by Crippen LogP contribution is 2.37. The Labute approximate surface area is 127 Å². The average molecular weight is 304 g/mol. The van der Waals surface area contributed by atoms with Gasteiger partial charge in [-0.2, -0.15) is 0 Å². The first-order chi connectivity index (χ1) is 10.1. The van der Waals surface area contributed by atoms with Crippen LogP contribution in [0.3, 0.4) is 0 Å². The van der Waals surface area contributed by atoms with Gasteiger partial charge in [0.25, 0.3) is 0 Å². The molecule has 0 bridgehead atoms. The van der Waals surface area contributed by atoms with Crippen molar-refractivity contribution in [1.29, 1.82) is 0 Å². The molecule has 0 amide bonds. The van der Waals surface area contributed by atoms with E-state index in [0.717, 1.165) is 12.0 Å². The molecule has 1 aromatic carbocycles. The Balaban J connectivity index is 2.04.